The first-order valence-electron chi connectivity index (χ1n) is 9.77. The monoisotopic (exact) mass is 396 g/mol. The van der Waals surface area contributed by atoms with Crippen molar-refractivity contribution in [2.45, 2.75) is 37.3 Å². The van der Waals surface area contributed by atoms with Gasteiger partial charge in [-0.25, -0.2) is 0 Å². The van der Waals surface area contributed by atoms with E-state index in [2.05, 4.69) is 5.32 Å². The van der Waals surface area contributed by atoms with E-state index in [0.717, 1.165) is 17.7 Å². The van der Waals surface area contributed by atoms with Crippen LogP contribution in [-0.4, -0.2) is 59.5 Å². The predicted octanol–water partition coefficient (Wildman–Crippen LogP) is 0.885. The van der Waals surface area contributed by atoms with Crippen LogP contribution in [0.2, 0.25) is 0 Å². The van der Waals surface area contributed by atoms with E-state index in [-0.39, 0.29) is 24.8 Å². The topological polar surface area (TPSA) is 99.1 Å². The van der Waals surface area contributed by atoms with Crippen molar-refractivity contribution in [2.75, 3.05) is 18.0 Å². The molecule has 3 N–H and O–H groups in total. The minimum atomic E-state index is -1.18. The number of rotatable bonds is 5. The third-order valence-electron chi connectivity index (χ3n) is 5.53. The zero-order chi connectivity index (χ0) is 20.4. The Labute approximate surface area is 168 Å². The summed E-state index contributed by atoms with van der Waals surface area (Å²) in [7, 11) is 0. The SMILES string of the molecule is O=C(NCC1OC(CC(=O)N2CCc3ccccc32)C(O)C1O)c1ccccc1. The number of hydrogen-bond acceptors (Lipinski definition) is 5. The normalized spacial score (nSPS) is 25.7. The van der Waals surface area contributed by atoms with Gasteiger partial charge < -0.3 is 25.2 Å². The number of nitrogens with zero attached hydrogens (tertiary/aromatic N) is 1. The quantitative estimate of drug-likeness (QED) is 0.697. The average molecular weight is 396 g/mol. The molecule has 0 aliphatic carbocycles. The van der Waals surface area contributed by atoms with Gasteiger partial charge >= 0.3 is 0 Å². The van der Waals surface area contributed by atoms with Crippen molar-refractivity contribution in [1.82, 2.24) is 5.32 Å². The molecule has 0 aromatic heterocycles. The second-order valence-corrected chi connectivity index (χ2v) is 7.40. The van der Waals surface area contributed by atoms with Crippen molar-refractivity contribution < 1.29 is 24.5 Å². The van der Waals surface area contributed by atoms with Gasteiger partial charge in [-0.1, -0.05) is 36.4 Å². The molecule has 29 heavy (non-hydrogen) atoms. The highest BCUT2D eigenvalue weighted by atomic mass is 16.5. The second-order valence-electron chi connectivity index (χ2n) is 7.40. The number of para-hydroxylation sites is 1. The molecule has 2 heterocycles. The zero-order valence-corrected chi connectivity index (χ0v) is 15.9. The molecule has 0 spiro atoms. The Morgan fingerprint density at radius 1 is 1.00 bits per heavy atom. The second kappa shape index (κ2) is 8.32. The van der Waals surface area contributed by atoms with Gasteiger partial charge in [-0.05, 0) is 30.2 Å². The van der Waals surface area contributed by atoms with Gasteiger partial charge in [0.2, 0.25) is 5.91 Å². The Balaban J connectivity index is 1.34. The Kier molecular flexibility index (Phi) is 5.62. The maximum Gasteiger partial charge on any atom is 0.251 e. The average Bonchev–Trinajstić information content (AvgIpc) is 3.29. The van der Waals surface area contributed by atoms with E-state index in [0.29, 0.717) is 12.1 Å². The third kappa shape index (κ3) is 4.03. The molecule has 4 rings (SSSR count). The first-order chi connectivity index (χ1) is 14.0. The molecule has 2 aliphatic heterocycles. The van der Waals surface area contributed by atoms with E-state index in [9.17, 15) is 19.8 Å². The summed E-state index contributed by atoms with van der Waals surface area (Å²) >= 11 is 0. The summed E-state index contributed by atoms with van der Waals surface area (Å²) in [5.41, 5.74) is 2.51. The third-order valence-corrected chi connectivity index (χ3v) is 5.53. The van der Waals surface area contributed by atoms with Gasteiger partial charge in [0.05, 0.1) is 12.5 Å². The molecule has 1 fully saturated rings. The van der Waals surface area contributed by atoms with E-state index in [1.54, 1.807) is 29.2 Å². The Morgan fingerprint density at radius 2 is 1.69 bits per heavy atom. The fraction of sp³-hybridized carbons (Fsp3) is 0.364. The van der Waals surface area contributed by atoms with Crippen LogP contribution in [0.4, 0.5) is 5.69 Å². The summed E-state index contributed by atoms with van der Waals surface area (Å²) < 4.78 is 5.73. The maximum absolute atomic E-state index is 12.8. The number of nitrogens with one attached hydrogen (secondary N) is 1. The van der Waals surface area contributed by atoms with Crippen LogP contribution in [0.1, 0.15) is 22.3 Å². The molecule has 7 heteroatoms. The molecule has 4 atom stereocenters. The highest BCUT2D eigenvalue weighted by Gasteiger charge is 2.44. The van der Waals surface area contributed by atoms with Crippen LogP contribution in [-0.2, 0) is 16.0 Å². The molecule has 2 aromatic rings. The number of hydrogen-bond donors (Lipinski definition) is 3. The molecule has 4 unspecified atom stereocenters. The fourth-order valence-corrected chi connectivity index (χ4v) is 3.93. The minimum Gasteiger partial charge on any atom is -0.388 e. The van der Waals surface area contributed by atoms with Crippen LogP contribution in [0.5, 0.6) is 0 Å². The van der Waals surface area contributed by atoms with Crippen LogP contribution < -0.4 is 10.2 Å². The number of anilines is 1. The van der Waals surface area contributed by atoms with Gasteiger partial charge in [-0.15, -0.1) is 0 Å². The molecule has 2 aromatic carbocycles. The molecule has 0 saturated carbocycles. The van der Waals surface area contributed by atoms with Gasteiger partial charge in [-0.2, -0.15) is 0 Å². The van der Waals surface area contributed by atoms with Crippen molar-refractivity contribution in [2.24, 2.45) is 0 Å². The van der Waals surface area contributed by atoms with E-state index < -0.39 is 24.4 Å². The number of carbonyl (C=O) groups excluding carboxylic acids is 2. The van der Waals surface area contributed by atoms with E-state index in [1.165, 1.54) is 0 Å². The zero-order valence-electron chi connectivity index (χ0n) is 15.9. The Morgan fingerprint density at radius 3 is 2.48 bits per heavy atom. The van der Waals surface area contributed by atoms with Crippen molar-refractivity contribution in [3.05, 3.63) is 65.7 Å². The van der Waals surface area contributed by atoms with Crippen molar-refractivity contribution in [3.8, 4) is 0 Å². The fourth-order valence-electron chi connectivity index (χ4n) is 3.93. The lowest BCUT2D eigenvalue weighted by Gasteiger charge is -2.21. The lowest BCUT2D eigenvalue weighted by Crippen LogP contribution is -2.40. The highest BCUT2D eigenvalue weighted by molar-refractivity contribution is 5.96. The summed E-state index contributed by atoms with van der Waals surface area (Å²) in [6, 6.07) is 16.5. The number of benzene rings is 2. The minimum absolute atomic E-state index is 0.0321. The summed E-state index contributed by atoms with van der Waals surface area (Å²) in [5, 5.41) is 23.3. The van der Waals surface area contributed by atoms with Crippen LogP contribution in [0.15, 0.2) is 54.6 Å². The van der Waals surface area contributed by atoms with Crippen LogP contribution in [0.25, 0.3) is 0 Å². The molecule has 7 nitrogen and oxygen atoms in total. The van der Waals surface area contributed by atoms with Crippen LogP contribution in [0, 0.1) is 0 Å². The van der Waals surface area contributed by atoms with E-state index in [4.69, 9.17) is 4.74 Å². The van der Waals surface area contributed by atoms with Gasteiger partial charge in [0.15, 0.2) is 0 Å². The molecule has 0 radical (unpaired) electrons. The van der Waals surface area contributed by atoms with Gasteiger partial charge in [-0.3, -0.25) is 9.59 Å². The summed E-state index contributed by atoms with van der Waals surface area (Å²) in [6.07, 6.45) is -3.18. The standard InChI is InChI=1S/C22H24N2O5/c25-19(24-11-10-14-6-4-5-9-16(14)24)12-17-20(26)21(27)18(29-17)13-23-22(28)15-7-2-1-3-8-15/h1-9,17-18,20-21,26-27H,10-13H2,(H,23,28). The molecule has 2 amide bonds. The molecular formula is C22H24N2O5. The number of carbonyl (C=O) groups is 2. The summed E-state index contributed by atoms with van der Waals surface area (Å²) in [6.45, 7) is 0.642. The van der Waals surface area contributed by atoms with Crippen molar-refractivity contribution in [1.29, 1.82) is 0 Å². The van der Waals surface area contributed by atoms with Crippen LogP contribution in [0.3, 0.4) is 0 Å². The van der Waals surface area contributed by atoms with Gasteiger partial charge in [0.25, 0.3) is 5.91 Å². The Bertz CT molecular complexity index is 888. The number of aliphatic hydroxyl groups is 2. The van der Waals surface area contributed by atoms with Crippen LogP contribution >= 0.6 is 0 Å². The Hall–Kier alpha value is -2.74. The van der Waals surface area contributed by atoms with E-state index in [1.807, 2.05) is 30.3 Å². The summed E-state index contributed by atoms with van der Waals surface area (Å²) in [5.74, 6) is -0.440. The molecule has 1 saturated heterocycles. The summed E-state index contributed by atoms with van der Waals surface area (Å²) in [4.78, 5) is 26.6. The highest BCUT2D eigenvalue weighted by Crippen LogP contribution is 2.30. The lowest BCUT2D eigenvalue weighted by molar-refractivity contribution is -0.122. The first-order valence-corrected chi connectivity index (χ1v) is 9.77. The van der Waals surface area contributed by atoms with E-state index >= 15 is 0 Å². The number of fused-ring (bicyclic) bond motifs is 1. The lowest BCUT2D eigenvalue weighted by atomic mass is 10.0. The number of ether oxygens (including phenoxy) is 1. The molecular weight excluding hydrogens is 372 g/mol. The maximum atomic E-state index is 12.8. The first kappa shape index (κ1) is 19.6. The predicted molar refractivity (Wildman–Crippen MR) is 107 cm³/mol. The van der Waals surface area contributed by atoms with Gasteiger partial charge in [0, 0.05) is 24.3 Å². The molecule has 152 valence electrons. The molecule has 0 bridgehead atoms. The van der Waals surface area contributed by atoms with Crippen molar-refractivity contribution >= 4 is 17.5 Å². The molecule has 2 aliphatic rings. The van der Waals surface area contributed by atoms with Gasteiger partial charge in [0.1, 0.15) is 18.3 Å². The smallest absolute Gasteiger partial charge is 0.251 e. The number of amides is 2. The number of aliphatic hydroxyl groups excluding tert-OH is 2. The largest absolute Gasteiger partial charge is 0.388 e. The van der Waals surface area contributed by atoms with Crippen molar-refractivity contribution in [3.63, 3.8) is 0 Å².